The molecule has 96 valence electrons. The van der Waals surface area contributed by atoms with Gasteiger partial charge in [0.2, 0.25) is 0 Å². The molecule has 6 heteroatoms. The number of H-pyrrole nitrogens is 1. The fourth-order valence-corrected chi connectivity index (χ4v) is 1.84. The maximum absolute atomic E-state index is 12.1. The van der Waals surface area contributed by atoms with E-state index in [4.69, 9.17) is 0 Å². The minimum Gasteiger partial charge on any atom is -0.392 e. The number of aliphatic hydroxyl groups excluding tert-OH is 1. The summed E-state index contributed by atoms with van der Waals surface area (Å²) in [5.74, 6) is -0.161. The smallest absolute Gasteiger partial charge is 0.255 e. The van der Waals surface area contributed by atoms with E-state index in [1.165, 1.54) is 11.1 Å². The van der Waals surface area contributed by atoms with E-state index in [0.717, 1.165) is 11.1 Å². The highest BCUT2D eigenvalue weighted by atomic mass is 16.3. The van der Waals surface area contributed by atoms with Crippen LogP contribution in [0.5, 0.6) is 0 Å². The summed E-state index contributed by atoms with van der Waals surface area (Å²) in [6.07, 6.45) is 0.954. The van der Waals surface area contributed by atoms with Crippen LogP contribution in [-0.4, -0.2) is 50.8 Å². The van der Waals surface area contributed by atoms with E-state index in [1.54, 1.807) is 20.0 Å². The summed E-state index contributed by atoms with van der Waals surface area (Å²) >= 11 is 0. The number of fused-ring (bicyclic) bond motifs is 1. The molecule has 0 aliphatic carbocycles. The summed E-state index contributed by atoms with van der Waals surface area (Å²) in [6.45, 7) is 3.82. The van der Waals surface area contributed by atoms with Gasteiger partial charge in [0.05, 0.1) is 11.7 Å². The highest BCUT2D eigenvalue weighted by molar-refractivity contribution is 5.97. The third-order valence-electron chi connectivity index (χ3n) is 2.73. The van der Waals surface area contributed by atoms with E-state index in [1.807, 2.05) is 6.92 Å². The Hall–Kier alpha value is -1.95. The number of aryl methyl sites for hydroxylation is 1. The molecule has 0 radical (unpaired) electrons. The average Bonchev–Trinajstić information content (AvgIpc) is 2.69. The van der Waals surface area contributed by atoms with Crippen molar-refractivity contribution >= 4 is 16.9 Å². The summed E-state index contributed by atoms with van der Waals surface area (Å²) in [5.41, 5.74) is 1.97. The van der Waals surface area contributed by atoms with Crippen molar-refractivity contribution in [3.8, 4) is 0 Å². The zero-order chi connectivity index (χ0) is 13.3. The molecule has 2 rings (SSSR count). The number of aliphatic hydroxyl groups is 1. The second kappa shape index (κ2) is 4.73. The van der Waals surface area contributed by atoms with Crippen LogP contribution in [0.4, 0.5) is 0 Å². The van der Waals surface area contributed by atoms with E-state index >= 15 is 0 Å². The van der Waals surface area contributed by atoms with Crippen molar-refractivity contribution in [1.29, 1.82) is 0 Å². The number of aromatic nitrogens is 3. The number of nitrogens with zero attached hydrogens (tertiary/aromatic N) is 3. The molecule has 0 aliphatic heterocycles. The minimum atomic E-state index is -0.550. The number of nitrogens with one attached hydrogen (secondary N) is 1. The van der Waals surface area contributed by atoms with Crippen LogP contribution in [-0.2, 0) is 0 Å². The van der Waals surface area contributed by atoms with Gasteiger partial charge in [-0.1, -0.05) is 0 Å². The molecule has 2 N–H and O–H groups in total. The second-order valence-corrected chi connectivity index (χ2v) is 4.48. The first-order chi connectivity index (χ1) is 8.49. The highest BCUT2D eigenvalue weighted by Crippen LogP contribution is 2.15. The maximum Gasteiger partial charge on any atom is 0.255 e. The molecule has 18 heavy (non-hydrogen) atoms. The topological polar surface area (TPSA) is 82.1 Å². The van der Waals surface area contributed by atoms with Crippen molar-refractivity contribution < 1.29 is 9.90 Å². The number of aromatic amines is 1. The van der Waals surface area contributed by atoms with E-state index in [2.05, 4.69) is 15.2 Å². The lowest BCUT2D eigenvalue weighted by Gasteiger charge is -2.18. The highest BCUT2D eigenvalue weighted by Gasteiger charge is 2.15. The molecule has 6 nitrogen and oxygen atoms in total. The maximum atomic E-state index is 12.1. The van der Waals surface area contributed by atoms with Crippen molar-refractivity contribution in [2.24, 2.45) is 0 Å². The van der Waals surface area contributed by atoms with E-state index in [0.29, 0.717) is 17.8 Å². The summed E-state index contributed by atoms with van der Waals surface area (Å²) in [5, 5.41) is 17.0. The molecule has 2 aromatic rings. The SMILES string of the molecule is Cc1[nH]nc2ncc(C(=O)N(C)CC(C)O)cc12. The van der Waals surface area contributed by atoms with E-state index in [9.17, 15) is 9.90 Å². The van der Waals surface area contributed by atoms with Crippen molar-refractivity contribution in [3.63, 3.8) is 0 Å². The summed E-state index contributed by atoms with van der Waals surface area (Å²) in [6, 6.07) is 1.77. The Morgan fingerprint density at radius 3 is 3.00 bits per heavy atom. The van der Waals surface area contributed by atoms with Gasteiger partial charge in [-0.15, -0.1) is 0 Å². The fourth-order valence-electron chi connectivity index (χ4n) is 1.84. The van der Waals surface area contributed by atoms with Gasteiger partial charge in [-0.05, 0) is 19.9 Å². The zero-order valence-corrected chi connectivity index (χ0v) is 10.6. The van der Waals surface area contributed by atoms with Crippen LogP contribution < -0.4 is 0 Å². The van der Waals surface area contributed by atoms with Crippen LogP contribution >= 0.6 is 0 Å². The minimum absolute atomic E-state index is 0.161. The van der Waals surface area contributed by atoms with Crippen LogP contribution in [0, 0.1) is 6.92 Å². The molecule has 0 fully saturated rings. The first-order valence-electron chi connectivity index (χ1n) is 5.73. The van der Waals surface area contributed by atoms with E-state index < -0.39 is 6.10 Å². The van der Waals surface area contributed by atoms with Gasteiger partial charge < -0.3 is 10.0 Å². The van der Waals surface area contributed by atoms with Crippen molar-refractivity contribution in [3.05, 3.63) is 23.5 Å². The predicted molar refractivity (Wildman–Crippen MR) is 67.3 cm³/mol. The lowest BCUT2D eigenvalue weighted by molar-refractivity contribution is 0.0703. The van der Waals surface area contributed by atoms with Crippen LogP contribution in [0.15, 0.2) is 12.3 Å². The van der Waals surface area contributed by atoms with E-state index in [-0.39, 0.29) is 5.91 Å². The first-order valence-corrected chi connectivity index (χ1v) is 5.73. The molecule has 1 unspecified atom stereocenters. The number of pyridine rings is 1. The largest absolute Gasteiger partial charge is 0.392 e. The van der Waals surface area contributed by atoms with Crippen LogP contribution in [0.2, 0.25) is 0 Å². The lowest BCUT2D eigenvalue weighted by Crippen LogP contribution is -2.33. The van der Waals surface area contributed by atoms with Gasteiger partial charge in [-0.25, -0.2) is 4.98 Å². The number of rotatable bonds is 3. The van der Waals surface area contributed by atoms with Crippen LogP contribution in [0.3, 0.4) is 0 Å². The van der Waals surface area contributed by atoms with Crippen molar-refractivity contribution in [2.45, 2.75) is 20.0 Å². The normalized spacial score (nSPS) is 12.7. The summed E-state index contributed by atoms with van der Waals surface area (Å²) < 4.78 is 0. The Morgan fingerprint density at radius 2 is 2.33 bits per heavy atom. The van der Waals surface area contributed by atoms with Gasteiger partial charge in [-0.3, -0.25) is 9.89 Å². The molecule has 0 aliphatic rings. The van der Waals surface area contributed by atoms with Crippen molar-refractivity contribution in [1.82, 2.24) is 20.1 Å². The van der Waals surface area contributed by atoms with Gasteiger partial charge in [0.1, 0.15) is 0 Å². The number of carbonyl (C=O) groups is 1. The molecule has 0 spiro atoms. The predicted octanol–water partition coefficient (Wildman–Crippen LogP) is 0.719. The molecule has 0 saturated heterocycles. The third kappa shape index (κ3) is 2.33. The summed E-state index contributed by atoms with van der Waals surface area (Å²) in [4.78, 5) is 17.7. The Morgan fingerprint density at radius 1 is 1.61 bits per heavy atom. The van der Waals surface area contributed by atoms with Gasteiger partial charge in [-0.2, -0.15) is 5.10 Å². The first kappa shape index (κ1) is 12.5. The standard InChI is InChI=1S/C12H16N4O2/c1-7(17)6-16(3)12(18)9-4-10-8(2)14-15-11(10)13-5-9/h4-5,7,17H,6H2,1-3H3,(H,13,14,15). The molecular weight excluding hydrogens is 232 g/mol. The molecule has 2 aromatic heterocycles. The Balaban J connectivity index is 2.30. The average molecular weight is 248 g/mol. The Kier molecular flexibility index (Phi) is 3.29. The van der Waals surface area contributed by atoms with Gasteiger partial charge >= 0.3 is 0 Å². The molecule has 0 saturated carbocycles. The molecule has 0 aromatic carbocycles. The molecule has 2 heterocycles. The number of hydrogen-bond donors (Lipinski definition) is 2. The Bertz CT molecular complexity index is 576. The van der Waals surface area contributed by atoms with Gasteiger partial charge in [0.15, 0.2) is 5.65 Å². The molecule has 1 amide bonds. The second-order valence-electron chi connectivity index (χ2n) is 4.48. The summed E-state index contributed by atoms with van der Waals surface area (Å²) in [7, 11) is 1.65. The number of likely N-dealkylation sites (N-methyl/N-ethyl adjacent to an activating group) is 1. The quantitative estimate of drug-likeness (QED) is 0.838. The van der Waals surface area contributed by atoms with Crippen LogP contribution in [0.25, 0.3) is 11.0 Å². The zero-order valence-electron chi connectivity index (χ0n) is 10.6. The van der Waals surface area contributed by atoms with Gasteiger partial charge in [0, 0.05) is 30.9 Å². The number of hydrogen-bond acceptors (Lipinski definition) is 4. The molecular formula is C12H16N4O2. The molecule has 0 bridgehead atoms. The third-order valence-corrected chi connectivity index (χ3v) is 2.73. The number of amides is 1. The van der Waals surface area contributed by atoms with Crippen LogP contribution in [0.1, 0.15) is 23.0 Å². The monoisotopic (exact) mass is 248 g/mol. The Labute approximate surface area is 105 Å². The lowest BCUT2D eigenvalue weighted by atomic mass is 10.2. The van der Waals surface area contributed by atoms with Crippen molar-refractivity contribution in [2.75, 3.05) is 13.6 Å². The molecule has 1 atom stereocenters. The van der Waals surface area contributed by atoms with Gasteiger partial charge in [0.25, 0.3) is 5.91 Å². The number of carbonyl (C=O) groups excluding carboxylic acids is 1. The fraction of sp³-hybridized carbons (Fsp3) is 0.417.